The topological polar surface area (TPSA) is 61.0 Å². The standard InChI is InChI=1S/C17H28N4O/c1-13-15(12-19-20-13)11-18-16-7-9-21(10-8-16)17(22)14-5-3-2-4-6-14/h12,14,16,18H,2-11H2,1H3,(H,19,20). The number of carbonyl (C=O) groups excluding carboxylic acids is 1. The number of hydrogen-bond acceptors (Lipinski definition) is 3. The number of nitrogens with zero attached hydrogens (tertiary/aromatic N) is 2. The van der Waals surface area contributed by atoms with E-state index in [1.165, 1.54) is 24.8 Å². The summed E-state index contributed by atoms with van der Waals surface area (Å²) in [6.07, 6.45) is 10.0. The molecule has 5 nitrogen and oxygen atoms in total. The molecule has 0 unspecified atom stereocenters. The second-order valence-electron chi connectivity index (χ2n) is 6.84. The molecule has 0 spiro atoms. The molecule has 2 heterocycles. The fraction of sp³-hybridized carbons (Fsp3) is 0.765. The van der Waals surface area contributed by atoms with Crippen LogP contribution in [0.15, 0.2) is 6.20 Å². The molecule has 1 aromatic heterocycles. The van der Waals surface area contributed by atoms with E-state index in [2.05, 4.69) is 27.3 Å². The summed E-state index contributed by atoms with van der Waals surface area (Å²) in [6, 6.07) is 0.518. The van der Waals surface area contributed by atoms with Crippen LogP contribution in [0.3, 0.4) is 0 Å². The van der Waals surface area contributed by atoms with Gasteiger partial charge in [-0.2, -0.15) is 5.10 Å². The van der Waals surface area contributed by atoms with E-state index in [9.17, 15) is 4.79 Å². The van der Waals surface area contributed by atoms with Crippen LogP contribution >= 0.6 is 0 Å². The molecule has 2 N–H and O–H groups in total. The van der Waals surface area contributed by atoms with Crippen LogP contribution in [0, 0.1) is 12.8 Å². The van der Waals surface area contributed by atoms with Crippen LogP contribution < -0.4 is 5.32 Å². The molecule has 1 aromatic rings. The van der Waals surface area contributed by atoms with Gasteiger partial charge in [0.05, 0.1) is 6.20 Å². The maximum atomic E-state index is 12.5. The highest BCUT2D eigenvalue weighted by atomic mass is 16.2. The second-order valence-corrected chi connectivity index (χ2v) is 6.84. The highest BCUT2D eigenvalue weighted by molar-refractivity contribution is 5.79. The number of rotatable bonds is 4. The average Bonchev–Trinajstić information content (AvgIpc) is 2.99. The van der Waals surface area contributed by atoms with Crippen molar-refractivity contribution in [1.29, 1.82) is 0 Å². The summed E-state index contributed by atoms with van der Waals surface area (Å²) < 4.78 is 0. The van der Waals surface area contributed by atoms with E-state index < -0.39 is 0 Å². The Hall–Kier alpha value is -1.36. The summed E-state index contributed by atoms with van der Waals surface area (Å²) in [5.41, 5.74) is 2.37. The van der Waals surface area contributed by atoms with Gasteiger partial charge < -0.3 is 10.2 Å². The van der Waals surface area contributed by atoms with Crippen LogP contribution in [0.1, 0.15) is 56.2 Å². The molecule has 1 saturated heterocycles. The lowest BCUT2D eigenvalue weighted by Crippen LogP contribution is -2.46. The molecule has 0 radical (unpaired) electrons. The Labute approximate surface area is 132 Å². The second kappa shape index (κ2) is 7.27. The zero-order chi connectivity index (χ0) is 15.4. The Balaban J connectivity index is 1.42. The fourth-order valence-electron chi connectivity index (χ4n) is 3.72. The summed E-state index contributed by atoms with van der Waals surface area (Å²) in [4.78, 5) is 14.7. The van der Waals surface area contributed by atoms with Gasteiger partial charge in [-0.15, -0.1) is 0 Å². The Morgan fingerprint density at radius 2 is 2.00 bits per heavy atom. The molecule has 0 atom stereocenters. The Morgan fingerprint density at radius 1 is 1.27 bits per heavy atom. The quantitative estimate of drug-likeness (QED) is 0.898. The number of nitrogens with one attached hydrogen (secondary N) is 2. The lowest BCUT2D eigenvalue weighted by molar-refractivity contribution is -0.137. The van der Waals surface area contributed by atoms with Gasteiger partial charge in [-0.25, -0.2) is 0 Å². The minimum Gasteiger partial charge on any atom is -0.342 e. The summed E-state index contributed by atoms with van der Waals surface area (Å²) in [5.74, 6) is 0.732. The van der Waals surface area contributed by atoms with Crippen LogP contribution in [0.4, 0.5) is 0 Å². The lowest BCUT2D eigenvalue weighted by atomic mass is 9.87. The van der Waals surface area contributed by atoms with Crippen LogP contribution in [-0.4, -0.2) is 40.1 Å². The minimum absolute atomic E-state index is 0.312. The molecular formula is C17H28N4O. The first-order valence-electron chi connectivity index (χ1n) is 8.75. The van der Waals surface area contributed by atoms with Gasteiger partial charge in [-0.1, -0.05) is 19.3 Å². The molecule has 22 heavy (non-hydrogen) atoms. The van der Waals surface area contributed by atoms with Gasteiger partial charge in [0.15, 0.2) is 0 Å². The SMILES string of the molecule is Cc1[nH]ncc1CNC1CCN(C(=O)C2CCCCC2)CC1. The molecule has 0 aromatic carbocycles. The zero-order valence-electron chi connectivity index (χ0n) is 13.6. The van der Waals surface area contributed by atoms with Gasteiger partial charge in [0.1, 0.15) is 0 Å². The van der Waals surface area contributed by atoms with Crippen LogP contribution in [-0.2, 0) is 11.3 Å². The third kappa shape index (κ3) is 3.69. The van der Waals surface area contributed by atoms with Crippen LogP contribution in [0.5, 0.6) is 0 Å². The van der Waals surface area contributed by atoms with Crippen molar-refractivity contribution in [3.8, 4) is 0 Å². The summed E-state index contributed by atoms with van der Waals surface area (Å²) >= 11 is 0. The van der Waals surface area contributed by atoms with E-state index in [-0.39, 0.29) is 0 Å². The van der Waals surface area contributed by atoms with E-state index >= 15 is 0 Å². The number of carbonyl (C=O) groups is 1. The predicted molar refractivity (Wildman–Crippen MR) is 86.3 cm³/mol. The van der Waals surface area contributed by atoms with Gasteiger partial charge in [-0.3, -0.25) is 9.89 Å². The summed E-state index contributed by atoms with van der Waals surface area (Å²) in [5, 5.41) is 10.6. The number of aryl methyl sites for hydroxylation is 1. The smallest absolute Gasteiger partial charge is 0.225 e. The predicted octanol–water partition coefficient (Wildman–Crippen LogP) is 2.38. The van der Waals surface area contributed by atoms with Crippen molar-refractivity contribution in [1.82, 2.24) is 20.4 Å². The van der Waals surface area contributed by atoms with Crippen LogP contribution in [0.2, 0.25) is 0 Å². The van der Waals surface area contributed by atoms with Gasteiger partial charge >= 0.3 is 0 Å². The maximum absolute atomic E-state index is 12.5. The molecule has 1 amide bonds. The normalized spacial score (nSPS) is 21.2. The highest BCUT2D eigenvalue weighted by Gasteiger charge is 2.28. The third-order valence-electron chi connectivity index (χ3n) is 5.28. The van der Waals surface area contributed by atoms with Crippen LogP contribution in [0.25, 0.3) is 0 Å². The number of amides is 1. The highest BCUT2D eigenvalue weighted by Crippen LogP contribution is 2.26. The van der Waals surface area contributed by atoms with Gasteiger partial charge in [0.25, 0.3) is 0 Å². The first kappa shape index (κ1) is 15.5. The number of hydrogen-bond donors (Lipinski definition) is 2. The van der Waals surface area contributed by atoms with Crippen molar-refractivity contribution in [3.63, 3.8) is 0 Å². The van der Waals surface area contributed by atoms with E-state index in [0.29, 0.717) is 17.9 Å². The molecule has 122 valence electrons. The minimum atomic E-state index is 0.312. The molecule has 1 saturated carbocycles. The number of aromatic amines is 1. The van der Waals surface area contributed by atoms with Crippen molar-refractivity contribution in [2.24, 2.45) is 5.92 Å². The Bertz CT molecular complexity index is 485. The van der Waals surface area contributed by atoms with Gasteiger partial charge in [-0.05, 0) is 32.6 Å². The van der Waals surface area contributed by atoms with Crippen molar-refractivity contribution in [2.45, 2.75) is 64.5 Å². The van der Waals surface area contributed by atoms with E-state index in [1.807, 2.05) is 6.20 Å². The molecule has 1 aliphatic carbocycles. The van der Waals surface area contributed by atoms with Crippen molar-refractivity contribution >= 4 is 5.91 Å². The Morgan fingerprint density at radius 3 is 2.64 bits per heavy atom. The van der Waals surface area contributed by atoms with Crippen molar-refractivity contribution < 1.29 is 4.79 Å². The lowest BCUT2D eigenvalue weighted by Gasteiger charge is -2.35. The van der Waals surface area contributed by atoms with E-state index in [4.69, 9.17) is 0 Å². The third-order valence-corrected chi connectivity index (χ3v) is 5.28. The van der Waals surface area contributed by atoms with Gasteiger partial charge in [0.2, 0.25) is 5.91 Å². The maximum Gasteiger partial charge on any atom is 0.225 e. The first-order chi connectivity index (χ1) is 10.7. The Kier molecular flexibility index (Phi) is 5.13. The number of H-pyrrole nitrogens is 1. The zero-order valence-corrected chi connectivity index (χ0v) is 13.6. The summed E-state index contributed by atoms with van der Waals surface area (Å²) in [6.45, 7) is 4.74. The van der Waals surface area contributed by atoms with E-state index in [1.54, 1.807) is 0 Å². The summed E-state index contributed by atoms with van der Waals surface area (Å²) in [7, 11) is 0. The molecule has 5 heteroatoms. The number of likely N-dealkylation sites (tertiary alicyclic amines) is 1. The van der Waals surface area contributed by atoms with Gasteiger partial charge in [0, 0.05) is 42.9 Å². The van der Waals surface area contributed by atoms with E-state index in [0.717, 1.165) is 51.0 Å². The molecule has 3 rings (SSSR count). The molecule has 1 aliphatic heterocycles. The van der Waals surface area contributed by atoms with Crippen molar-refractivity contribution in [3.05, 3.63) is 17.5 Å². The largest absolute Gasteiger partial charge is 0.342 e. The molecule has 2 aliphatic rings. The average molecular weight is 304 g/mol. The molecular weight excluding hydrogens is 276 g/mol. The molecule has 2 fully saturated rings. The molecule has 0 bridgehead atoms. The monoisotopic (exact) mass is 304 g/mol. The first-order valence-corrected chi connectivity index (χ1v) is 8.75. The van der Waals surface area contributed by atoms with Crippen molar-refractivity contribution in [2.75, 3.05) is 13.1 Å². The fourth-order valence-corrected chi connectivity index (χ4v) is 3.72. The number of piperidine rings is 1. The number of aromatic nitrogens is 2.